The van der Waals surface area contributed by atoms with Gasteiger partial charge in [-0.3, -0.25) is 0 Å². The maximum Gasteiger partial charge on any atom is 0.417 e. The molecule has 0 atom stereocenters. The summed E-state index contributed by atoms with van der Waals surface area (Å²) in [6.07, 6.45) is -4.31. The molecule has 0 amide bonds. The van der Waals surface area contributed by atoms with E-state index in [1.54, 1.807) is 30.3 Å². The predicted octanol–water partition coefficient (Wildman–Crippen LogP) is 4.90. The standard InChI is InChI=1S/C22H14ClF3N4O5S/c23-17-10-15(22(24,25)26)11-27-19(17)30(36(33,34)16-8-6-14(7-9-16)21(31)32)12-18-28-20(35-29-18)13-4-2-1-3-5-13/h1-11H,12H2,(H,31,32). The first kappa shape index (κ1) is 25.1. The van der Waals surface area contributed by atoms with Gasteiger partial charge in [-0.15, -0.1) is 0 Å². The molecule has 0 fully saturated rings. The number of benzene rings is 2. The molecule has 0 saturated heterocycles. The van der Waals surface area contributed by atoms with E-state index < -0.39 is 45.1 Å². The second-order valence-corrected chi connectivity index (χ2v) is 9.52. The van der Waals surface area contributed by atoms with E-state index in [2.05, 4.69) is 15.1 Å². The van der Waals surface area contributed by atoms with Gasteiger partial charge in [0.2, 0.25) is 0 Å². The Hall–Kier alpha value is -3.97. The van der Waals surface area contributed by atoms with Crippen LogP contribution in [-0.4, -0.2) is 34.6 Å². The summed E-state index contributed by atoms with van der Waals surface area (Å²) < 4.78 is 72.1. The van der Waals surface area contributed by atoms with E-state index in [0.29, 0.717) is 22.1 Å². The van der Waals surface area contributed by atoms with Crippen LogP contribution in [0.2, 0.25) is 5.02 Å². The van der Waals surface area contributed by atoms with E-state index >= 15 is 0 Å². The Morgan fingerprint density at radius 3 is 2.33 bits per heavy atom. The Morgan fingerprint density at radius 2 is 1.75 bits per heavy atom. The smallest absolute Gasteiger partial charge is 0.417 e. The van der Waals surface area contributed by atoms with Crippen LogP contribution >= 0.6 is 11.6 Å². The average molecular weight is 539 g/mol. The first-order valence-electron chi connectivity index (χ1n) is 9.93. The van der Waals surface area contributed by atoms with Crippen LogP contribution in [0.25, 0.3) is 11.5 Å². The van der Waals surface area contributed by atoms with Crippen molar-refractivity contribution >= 4 is 33.4 Å². The summed E-state index contributed by atoms with van der Waals surface area (Å²) in [4.78, 5) is 18.6. The van der Waals surface area contributed by atoms with Gasteiger partial charge in [0.05, 0.1) is 27.6 Å². The third kappa shape index (κ3) is 5.16. The molecule has 0 aliphatic heterocycles. The highest BCUT2D eigenvalue weighted by molar-refractivity contribution is 7.92. The fourth-order valence-electron chi connectivity index (χ4n) is 3.08. The third-order valence-corrected chi connectivity index (χ3v) is 6.88. The maximum atomic E-state index is 13.5. The Labute approximate surface area is 206 Å². The van der Waals surface area contributed by atoms with Crippen LogP contribution in [0.4, 0.5) is 19.0 Å². The van der Waals surface area contributed by atoms with Crippen molar-refractivity contribution < 1.29 is 36.0 Å². The predicted molar refractivity (Wildman–Crippen MR) is 121 cm³/mol. The summed E-state index contributed by atoms with van der Waals surface area (Å²) in [7, 11) is -4.53. The third-order valence-electron chi connectivity index (χ3n) is 4.85. The van der Waals surface area contributed by atoms with Crippen molar-refractivity contribution in [1.29, 1.82) is 0 Å². The minimum absolute atomic E-state index is 0.0836. The van der Waals surface area contributed by atoms with Gasteiger partial charge in [-0.05, 0) is 42.5 Å². The second-order valence-electron chi connectivity index (χ2n) is 7.25. The van der Waals surface area contributed by atoms with Gasteiger partial charge in [0, 0.05) is 11.8 Å². The zero-order valence-electron chi connectivity index (χ0n) is 17.8. The van der Waals surface area contributed by atoms with Gasteiger partial charge in [-0.2, -0.15) is 18.2 Å². The molecule has 9 nitrogen and oxygen atoms in total. The molecule has 1 N–H and O–H groups in total. The lowest BCUT2D eigenvalue weighted by molar-refractivity contribution is -0.137. The molecule has 4 aromatic rings. The number of alkyl halides is 3. The highest BCUT2D eigenvalue weighted by Gasteiger charge is 2.34. The van der Waals surface area contributed by atoms with Gasteiger partial charge >= 0.3 is 12.1 Å². The molecule has 0 aliphatic rings. The number of halogens is 4. The number of sulfonamides is 1. The molecule has 4 rings (SSSR count). The van der Waals surface area contributed by atoms with Crippen LogP contribution in [0.3, 0.4) is 0 Å². The van der Waals surface area contributed by atoms with E-state index in [4.69, 9.17) is 21.2 Å². The molecule has 0 aliphatic carbocycles. The van der Waals surface area contributed by atoms with Crippen LogP contribution in [-0.2, 0) is 22.7 Å². The number of pyridine rings is 1. The number of anilines is 1. The fourth-order valence-corrected chi connectivity index (χ4v) is 4.80. The van der Waals surface area contributed by atoms with E-state index in [0.717, 1.165) is 24.3 Å². The van der Waals surface area contributed by atoms with Crippen molar-refractivity contribution in [2.24, 2.45) is 0 Å². The number of hydrogen-bond acceptors (Lipinski definition) is 7. The Balaban J connectivity index is 1.78. The average Bonchev–Trinajstić information content (AvgIpc) is 3.31. The lowest BCUT2D eigenvalue weighted by atomic mass is 10.2. The zero-order valence-corrected chi connectivity index (χ0v) is 19.4. The van der Waals surface area contributed by atoms with Gasteiger partial charge in [0.1, 0.15) is 0 Å². The minimum atomic E-state index is -4.76. The van der Waals surface area contributed by atoms with Crippen molar-refractivity contribution in [1.82, 2.24) is 15.1 Å². The van der Waals surface area contributed by atoms with Gasteiger partial charge in [0.15, 0.2) is 11.6 Å². The van der Waals surface area contributed by atoms with E-state index in [1.165, 1.54) is 0 Å². The summed E-state index contributed by atoms with van der Waals surface area (Å²) in [6.45, 7) is -0.600. The van der Waals surface area contributed by atoms with Crippen LogP contribution in [0, 0.1) is 0 Å². The molecule has 0 spiro atoms. The molecule has 2 aromatic heterocycles. The second kappa shape index (κ2) is 9.59. The number of carboxylic acid groups (broad SMARTS) is 1. The van der Waals surface area contributed by atoms with Crippen molar-refractivity contribution in [2.45, 2.75) is 17.6 Å². The Morgan fingerprint density at radius 1 is 1.08 bits per heavy atom. The summed E-state index contributed by atoms with van der Waals surface area (Å²) in [5.74, 6) is -1.83. The quantitative estimate of drug-likeness (QED) is 0.352. The lowest BCUT2D eigenvalue weighted by Crippen LogP contribution is -2.32. The maximum absolute atomic E-state index is 13.5. The molecule has 0 radical (unpaired) electrons. The van der Waals surface area contributed by atoms with E-state index in [-0.39, 0.29) is 22.2 Å². The molecule has 186 valence electrons. The molecule has 2 aromatic carbocycles. The van der Waals surface area contributed by atoms with Crippen molar-refractivity contribution in [3.05, 3.63) is 88.8 Å². The minimum Gasteiger partial charge on any atom is -0.478 e. The summed E-state index contributed by atoms with van der Waals surface area (Å²) in [5.41, 5.74) is -0.789. The number of carboxylic acids is 1. The normalized spacial score (nSPS) is 11.9. The number of rotatable bonds is 7. The number of aromatic carboxylic acids is 1. The van der Waals surface area contributed by atoms with Crippen LogP contribution < -0.4 is 4.31 Å². The Bertz CT molecular complexity index is 1510. The number of aromatic nitrogens is 3. The van der Waals surface area contributed by atoms with Gasteiger partial charge in [-0.25, -0.2) is 22.5 Å². The molecule has 0 unspecified atom stereocenters. The number of nitrogens with zero attached hydrogens (tertiary/aromatic N) is 4. The monoisotopic (exact) mass is 538 g/mol. The SMILES string of the molecule is O=C(O)c1ccc(S(=O)(=O)N(Cc2noc(-c3ccccc3)n2)c2ncc(C(F)(F)F)cc2Cl)cc1. The number of carbonyl (C=O) groups is 1. The first-order valence-corrected chi connectivity index (χ1v) is 11.8. The van der Waals surface area contributed by atoms with Gasteiger partial charge < -0.3 is 9.63 Å². The van der Waals surface area contributed by atoms with Gasteiger partial charge in [0.25, 0.3) is 15.9 Å². The number of hydrogen-bond donors (Lipinski definition) is 1. The van der Waals surface area contributed by atoms with Crippen LogP contribution in [0.15, 0.2) is 76.3 Å². The highest BCUT2D eigenvalue weighted by Crippen LogP contribution is 2.36. The molecule has 0 bridgehead atoms. The van der Waals surface area contributed by atoms with Gasteiger partial charge in [-0.1, -0.05) is 35.0 Å². The summed E-state index contributed by atoms with van der Waals surface area (Å²) in [5, 5.41) is 12.3. The zero-order chi connectivity index (χ0) is 26.1. The molecular formula is C22H14ClF3N4O5S. The first-order chi connectivity index (χ1) is 17.0. The lowest BCUT2D eigenvalue weighted by Gasteiger charge is -2.23. The summed E-state index contributed by atoms with van der Waals surface area (Å²) in [6, 6.07) is 13.3. The fraction of sp³-hybridized carbons (Fsp3) is 0.0909. The van der Waals surface area contributed by atoms with Crippen LogP contribution in [0.5, 0.6) is 0 Å². The van der Waals surface area contributed by atoms with Crippen molar-refractivity contribution in [2.75, 3.05) is 4.31 Å². The molecule has 0 saturated carbocycles. The highest BCUT2D eigenvalue weighted by atomic mass is 35.5. The van der Waals surface area contributed by atoms with E-state index in [9.17, 15) is 26.4 Å². The van der Waals surface area contributed by atoms with Crippen molar-refractivity contribution in [3.8, 4) is 11.5 Å². The molecule has 2 heterocycles. The van der Waals surface area contributed by atoms with Crippen molar-refractivity contribution in [3.63, 3.8) is 0 Å². The van der Waals surface area contributed by atoms with Crippen LogP contribution in [0.1, 0.15) is 21.7 Å². The molecular weight excluding hydrogens is 525 g/mol. The Kier molecular flexibility index (Phi) is 6.69. The molecule has 36 heavy (non-hydrogen) atoms. The van der Waals surface area contributed by atoms with E-state index in [1.807, 2.05) is 0 Å². The largest absolute Gasteiger partial charge is 0.478 e. The summed E-state index contributed by atoms with van der Waals surface area (Å²) >= 11 is 6.05. The topological polar surface area (TPSA) is 126 Å². The molecule has 14 heteroatoms.